The monoisotopic (exact) mass is 431 g/mol. The summed E-state index contributed by atoms with van der Waals surface area (Å²) in [5.41, 5.74) is 0.783. The molecular formula is C23H30ClN3O3. The third-order valence-electron chi connectivity index (χ3n) is 5.27. The zero-order chi connectivity index (χ0) is 21.3. The Bertz CT molecular complexity index is 808. The van der Waals surface area contributed by atoms with Gasteiger partial charge in [-0.05, 0) is 50.2 Å². The highest BCUT2D eigenvalue weighted by atomic mass is 35.5. The van der Waals surface area contributed by atoms with Crippen LogP contribution in [0.25, 0.3) is 0 Å². The Morgan fingerprint density at radius 2 is 1.77 bits per heavy atom. The van der Waals surface area contributed by atoms with Crippen molar-refractivity contribution in [2.75, 3.05) is 51.3 Å². The Hall–Kier alpha value is -2.28. The lowest BCUT2D eigenvalue weighted by atomic mass is 10.2. The van der Waals surface area contributed by atoms with Gasteiger partial charge in [-0.25, -0.2) is 0 Å². The van der Waals surface area contributed by atoms with Crippen molar-refractivity contribution >= 4 is 23.2 Å². The number of benzene rings is 2. The van der Waals surface area contributed by atoms with Crippen LogP contribution in [0.1, 0.15) is 13.8 Å². The van der Waals surface area contributed by atoms with Crippen LogP contribution in [0.4, 0.5) is 5.69 Å². The summed E-state index contributed by atoms with van der Waals surface area (Å²) in [4.78, 5) is 17.2. The van der Waals surface area contributed by atoms with Gasteiger partial charge in [0, 0.05) is 38.4 Å². The van der Waals surface area contributed by atoms with Gasteiger partial charge in [-0.3, -0.25) is 14.6 Å². The van der Waals surface area contributed by atoms with Crippen molar-refractivity contribution in [2.24, 2.45) is 0 Å². The summed E-state index contributed by atoms with van der Waals surface area (Å²) in [7, 11) is 0. The SMILES string of the molecule is CCOc1ccc(NC(=O)C(C)N2CCN(CCOc3ccccc3Cl)CC2)cc1. The molecule has 1 aliphatic rings. The summed E-state index contributed by atoms with van der Waals surface area (Å²) < 4.78 is 11.2. The number of amides is 1. The van der Waals surface area contributed by atoms with Crippen LogP contribution in [0.5, 0.6) is 11.5 Å². The van der Waals surface area contributed by atoms with Gasteiger partial charge < -0.3 is 14.8 Å². The number of rotatable bonds is 9. The molecule has 2 aromatic rings. The molecule has 1 N–H and O–H groups in total. The number of hydrogen-bond acceptors (Lipinski definition) is 5. The fourth-order valence-electron chi connectivity index (χ4n) is 3.43. The number of nitrogens with zero attached hydrogens (tertiary/aromatic N) is 2. The van der Waals surface area contributed by atoms with Gasteiger partial charge in [-0.1, -0.05) is 23.7 Å². The summed E-state index contributed by atoms with van der Waals surface area (Å²) in [6.07, 6.45) is 0. The van der Waals surface area contributed by atoms with Crippen molar-refractivity contribution in [3.63, 3.8) is 0 Å². The highest BCUT2D eigenvalue weighted by Gasteiger charge is 2.25. The van der Waals surface area contributed by atoms with Crippen LogP contribution >= 0.6 is 11.6 Å². The van der Waals surface area contributed by atoms with E-state index < -0.39 is 0 Å². The van der Waals surface area contributed by atoms with E-state index in [0.717, 1.165) is 49.9 Å². The fraction of sp³-hybridized carbons (Fsp3) is 0.435. The molecule has 2 aromatic carbocycles. The van der Waals surface area contributed by atoms with E-state index in [9.17, 15) is 4.79 Å². The molecule has 1 saturated heterocycles. The molecule has 7 heteroatoms. The smallest absolute Gasteiger partial charge is 0.241 e. The molecule has 0 aliphatic carbocycles. The largest absolute Gasteiger partial charge is 0.494 e. The highest BCUT2D eigenvalue weighted by molar-refractivity contribution is 6.32. The number of carbonyl (C=O) groups excluding carboxylic acids is 1. The Morgan fingerprint density at radius 3 is 2.43 bits per heavy atom. The van der Waals surface area contributed by atoms with Crippen molar-refractivity contribution in [2.45, 2.75) is 19.9 Å². The minimum Gasteiger partial charge on any atom is -0.494 e. The van der Waals surface area contributed by atoms with Crippen LogP contribution in [0.2, 0.25) is 5.02 Å². The van der Waals surface area contributed by atoms with Crippen LogP contribution in [-0.2, 0) is 4.79 Å². The standard InChI is InChI=1S/C23H30ClN3O3/c1-3-29-20-10-8-19(9-11-20)25-23(28)18(2)27-14-12-26(13-15-27)16-17-30-22-7-5-4-6-21(22)24/h4-11,18H,3,12-17H2,1-2H3,(H,25,28). The molecule has 0 spiro atoms. The highest BCUT2D eigenvalue weighted by Crippen LogP contribution is 2.23. The van der Waals surface area contributed by atoms with E-state index in [-0.39, 0.29) is 11.9 Å². The first-order valence-electron chi connectivity index (χ1n) is 10.4. The van der Waals surface area contributed by atoms with E-state index in [1.54, 1.807) is 0 Å². The van der Waals surface area contributed by atoms with Crippen LogP contribution < -0.4 is 14.8 Å². The van der Waals surface area contributed by atoms with Crippen LogP contribution in [0.3, 0.4) is 0 Å². The lowest BCUT2D eigenvalue weighted by Crippen LogP contribution is -2.53. The molecule has 1 amide bonds. The normalized spacial score (nSPS) is 16.1. The second kappa shape index (κ2) is 11.2. The van der Waals surface area contributed by atoms with Gasteiger partial charge in [0.1, 0.15) is 18.1 Å². The molecule has 3 rings (SSSR count). The first-order chi connectivity index (χ1) is 14.6. The van der Waals surface area contributed by atoms with Crippen LogP contribution in [-0.4, -0.2) is 67.7 Å². The minimum atomic E-state index is -0.182. The second-order valence-corrected chi connectivity index (χ2v) is 7.69. The number of para-hydroxylation sites is 1. The second-order valence-electron chi connectivity index (χ2n) is 7.28. The molecule has 1 atom stereocenters. The Labute approximate surface area is 183 Å². The van der Waals surface area contributed by atoms with E-state index in [1.165, 1.54) is 0 Å². The third-order valence-corrected chi connectivity index (χ3v) is 5.58. The fourth-order valence-corrected chi connectivity index (χ4v) is 3.62. The Morgan fingerprint density at radius 1 is 1.07 bits per heavy atom. The zero-order valence-electron chi connectivity index (χ0n) is 17.6. The quantitative estimate of drug-likeness (QED) is 0.655. The van der Waals surface area contributed by atoms with E-state index in [1.807, 2.05) is 62.4 Å². The molecular weight excluding hydrogens is 402 g/mol. The van der Waals surface area contributed by atoms with E-state index in [2.05, 4.69) is 15.1 Å². The molecule has 0 saturated carbocycles. The molecule has 30 heavy (non-hydrogen) atoms. The van der Waals surface area contributed by atoms with E-state index in [4.69, 9.17) is 21.1 Å². The molecule has 1 heterocycles. The van der Waals surface area contributed by atoms with E-state index in [0.29, 0.717) is 18.2 Å². The number of ether oxygens (including phenoxy) is 2. The first kappa shape index (κ1) is 22.4. The lowest BCUT2D eigenvalue weighted by Gasteiger charge is -2.37. The average molecular weight is 432 g/mol. The summed E-state index contributed by atoms with van der Waals surface area (Å²) in [6.45, 7) is 9.49. The number of piperazine rings is 1. The molecule has 0 radical (unpaired) electrons. The molecule has 1 unspecified atom stereocenters. The molecule has 6 nitrogen and oxygen atoms in total. The maximum absolute atomic E-state index is 12.6. The lowest BCUT2D eigenvalue weighted by molar-refractivity contribution is -0.121. The third kappa shape index (κ3) is 6.36. The number of hydrogen-bond donors (Lipinski definition) is 1. The van der Waals surface area contributed by atoms with Gasteiger partial charge in [0.05, 0.1) is 17.7 Å². The van der Waals surface area contributed by atoms with Crippen LogP contribution in [0, 0.1) is 0 Å². The van der Waals surface area contributed by atoms with E-state index >= 15 is 0 Å². The first-order valence-corrected chi connectivity index (χ1v) is 10.8. The summed E-state index contributed by atoms with van der Waals surface area (Å²) in [5.74, 6) is 1.53. The van der Waals surface area contributed by atoms with Gasteiger partial charge >= 0.3 is 0 Å². The molecule has 1 aliphatic heterocycles. The molecule has 162 valence electrons. The summed E-state index contributed by atoms with van der Waals surface area (Å²) >= 11 is 6.12. The molecule has 0 aromatic heterocycles. The number of nitrogens with one attached hydrogen (secondary N) is 1. The zero-order valence-corrected chi connectivity index (χ0v) is 18.4. The number of anilines is 1. The van der Waals surface area contributed by atoms with Crippen molar-refractivity contribution in [3.05, 3.63) is 53.6 Å². The molecule has 0 bridgehead atoms. The number of halogens is 1. The maximum atomic E-state index is 12.6. The van der Waals surface area contributed by atoms with Crippen molar-refractivity contribution < 1.29 is 14.3 Å². The average Bonchev–Trinajstić information content (AvgIpc) is 2.76. The van der Waals surface area contributed by atoms with Gasteiger partial charge in [0.25, 0.3) is 0 Å². The van der Waals surface area contributed by atoms with Crippen molar-refractivity contribution in [1.82, 2.24) is 9.80 Å². The molecule has 1 fully saturated rings. The summed E-state index contributed by atoms with van der Waals surface area (Å²) in [5, 5.41) is 3.63. The van der Waals surface area contributed by atoms with Gasteiger partial charge in [0.15, 0.2) is 0 Å². The van der Waals surface area contributed by atoms with Gasteiger partial charge in [-0.2, -0.15) is 0 Å². The van der Waals surface area contributed by atoms with Crippen molar-refractivity contribution in [3.8, 4) is 11.5 Å². The Balaban J connectivity index is 1.39. The Kier molecular flexibility index (Phi) is 8.37. The topological polar surface area (TPSA) is 54.0 Å². The van der Waals surface area contributed by atoms with Gasteiger partial charge in [-0.15, -0.1) is 0 Å². The van der Waals surface area contributed by atoms with Gasteiger partial charge in [0.2, 0.25) is 5.91 Å². The maximum Gasteiger partial charge on any atom is 0.241 e. The van der Waals surface area contributed by atoms with Crippen LogP contribution in [0.15, 0.2) is 48.5 Å². The number of carbonyl (C=O) groups is 1. The van der Waals surface area contributed by atoms with Crippen molar-refractivity contribution in [1.29, 1.82) is 0 Å². The summed E-state index contributed by atoms with van der Waals surface area (Å²) in [6, 6.07) is 14.8. The predicted octanol–water partition coefficient (Wildman–Crippen LogP) is 3.76. The predicted molar refractivity (Wildman–Crippen MR) is 121 cm³/mol. The minimum absolute atomic E-state index is 0.00895.